The van der Waals surface area contributed by atoms with Gasteiger partial charge in [-0.3, -0.25) is 4.79 Å². The van der Waals surface area contributed by atoms with E-state index in [1.165, 1.54) is 0 Å². The predicted octanol–water partition coefficient (Wildman–Crippen LogP) is 0.770. The maximum absolute atomic E-state index is 12.7. The number of amides is 1. The van der Waals surface area contributed by atoms with Crippen molar-refractivity contribution in [3.05, 3.63) is 11.6 Å². The van der Waals surface area contributed by atoms with E-state index in [0.717, 1.165) is 31.3 Å². The lowest BCUT2D eigenvalue weighted by Crippen LogP contribution is -2.42. The van der Waals surface area contributed by atoms with E-state index in [4.69, 9.17) is 0 Å². The smallest absolute Gasteiger partial charge is 0.226 e. The molecule has 1 saturated carbocycles. The molecule has 3 aliphatic rings. The molecule has 2 aliphatic heterocycles. The van der Waals surface area contributed by atoms with Crippen LogP contribution in [0.25, 0.3) is 0 Å². The summed E-state index contributed by atoms with van der Waals surface area (Å²) in [5.74, 6) is 4.10. The lowest BCUT2D eigenvalue weighted by Gasteiger charge is -2.33. The fraction of sp³-hybridized carbons (Fsp3) is 0.800. The third-order valence-corrected chi connectivity index (χ3v) is 5.26. The van der Waals surface area contributed by atoms with E-state index in [-0.39, 0.29) is 12.0 Å². The summed E-state index contributed by atoms with van der Waals surface area (Å²) < 4.78 is 2.23. The van der Waals surface area contributed by atoms with Gasteiger partial charge in [-0.25, -0.2) is 0 Å². The first kappa shape index (κ1) is 13.2. The van der Waals surface area contributed by atoms with E-state index in [2.05, 4.69) is 40.9 Å². The highest BCUT2D eigenvalue weighted by Gasteiger charge is 2.58. The number of hydrogen-bond acceptors (Lipinski definition) is 4. The summed E-state index contributed by atoms with van der Waals surface area (Å²) in [7, 11) is 0. The highest BCUT2D eigenvalue weighted by atomic mass is 16.2. The number of aromatic nitrogens is 3. The Balaban J connectivity index is 1.54. The SMILES string of the molecule is CC(C)c1nnc2n1[C@@H](C)CN(C(=O)C1[C@H]3CNC[C@@H]13)C2. The fourth-order valence-electron chi connectivity index (χ4n) is 4.12. The molecular formula is C15H23N5O. The van der Waals surface area contributed by atoms with E-state index in [9.17, 15) is 4.79 Å². The number of carbonyl (C=O) groups excluding carboxylic acids is 1. The molecule has 2 fully saturated rings. The Morgan fingerprint density at radius 2 is 2.00 bits per heavy atom. The number of rotatable bonds is 2. The van der Waals surface area contributed by atoms with Crippen molar-refractivity contribution in [1.29, 1.82) is 0 Å². The van der Waals surface area contributed by atoms with Crippen LogP contribution in [0.2, 0.25) is 0 Å². The molecular weight excluding hydrogens is 266 g/mol. The quantitative estimate of drug-likeness (QED) is 0.873. The van der Waals surface area contributed by atoms with Crippen molar-refractivity contribution in [2.45, 2.75) is 39.3 Å². The number of piperidine rings is 1. The standard InChI is InChI=1S/C15H23N5O/c1-8(2)14-18-17-12-7-19(6-9(3)20(12)14)15(21)13-10-4-16-5-11(10)13/h8-11,13,16H,4-7H2,1-3H3/t9-,10-,11+,13?/m0/s1. The number of nitrogens with zero attached hydrogens (tertiary/aromatic N) is 4. The molecule has 1 unspecified atom stereocenters. The zero-order valence-corrected chi connectivity index (χ0v) is 12.9. The fourth-order valence-corrected chi connectivity index (χ4v) is 4.12. The molecule has 1 aromatic rings. The van der Waals surface area contributed by atoms with Crippen LogP contribution in [-0.2, 0) is 11.3 Å². The molecule has 1 N–H and O–H groups in total. The summed E-state index contributed by atoms with van der Waals surface area (Å²) in [5.41, 5.74) is 0. The molecule has 1 amide bonds. The van der Waals surface area contributed by atoms with E-state index in [0.29, 0.717) is 30.2 Å². The Kier molecular flexibility index (Phi) is 2.86. The van der Waals surface area contributed by atoms with Gasteiger partial charge < -0.3 is 14.8 Å². The van der Waals surface area contributed by atoms with Gasteiger partial charge >= 0.3 is 0 Å². The molecule has 0 radical (unpaired) electrons. The van der Waals surface area contributed by atoms with Gasteiger partial charge in [0.25, 0.3) is 0 Å². The Bertz CT molecular complexity index is 571. The molecule has 1 aromatic heterocycles. The van der Waals surface area contributed by atoms with Crippen LogP contribution in [0.3, 0.4) is 0 Å². The zero-order chi connectivity index (χ0) is 14.7. The molecule has 1 saturated heterocycles. The van der Waals surface area contributed by atoms with Crippen molar-refractivity contribution >= 4 is 5.91 Å². The molecule has 3 heterocycles. The second-order valence-electron chi connectivity index (χ2n) is 7.08. The van der Waals surface area contributed by atoms with Gasteiger partial charge in [-0.05, 0) is 31.8 Å². The molecule has 0 spiro atoms. The summed E-state index contributed by atoms with van der Waals surface area (Å²) >= 11 is 0. The highest BCUT2D eigenvalue weighted by molar-refractivity contribution is 5.82. The lowest BCUT2D eigenvalue weighted by atomic mass is 10.1. The van der Waals surface area contributed by atoms with E-state index >= 15 is 0 Å². The third-order valence-electron chi connectivity index (χ3n) is 5.26. The molecule has 114 valence electrons. The Hall–Kier alpha value is -1.43. The van der Waals surface area contributed by atoms with E-state index < -0.39 is 0 Å². The first-order chi connectivity index (χ1) is 10.1. The second-order valence-corrected chi connectivity index (χ2v) is 7.08. The van der Waals surface area contributed by atoms with Crippen LogP contribution in [-0.4, -0.2) is 45.2 Å². The minimum atomic E-state index is 0.262. The zero-order valence-electron chi connectivity index (χ0n) is 12.9. The van der Waals surface area contributed by atoms with Gasteiger partial charge in [0.2, 0.25) is 5.91 Å². The molecule has 1 aliphatic carbocycles. The minimum Gasteiger partial charge on any atom is -0.333 e. The van der Waals surface area contributed by atoms with Crippen LogP contribution in [0.5, 0.6) is 0 Å². The second kappa shape index (κ2) is 4.53. The van der Waals surface area contributed by atoms with Gasteiger partial charge in [0.1, 0.15) is 5.82 Å². The highest BCUT2D eigenvalue weighted by Crippen LogP contribution is 2.50. The number of carbonyl (C=O) groups is 1. The van der Waals surface area contributed by atoms with Crippen molar-refractivity contribution in [1.82, 2.24) is 25.0 Å². The largest absolute Gasteiger partial charge is 0.333 e. The predicted molar refractivity (Wildman–Crippen MR) is 77.6 cm³/mol. The van der Waals surface area contributed by atoms with Crippen LogP contribution in [0.15, 0.2) is 0 Å². The van der Waals surface area contributed by atoms with E-state index in [1.54, 1.807) is 0 Å². The van der Waals surface area contributed by atoms with Crippen molar-refractivity contribution in [3.63, 3.8) is 0 Å². The first-order valence-electron chi connectivity index (χ1n) is 8.01. The molecule has 21 heavy (non-hydrogen) atoms. The number of hydrogen-bond donors (Lipinski definition) is 1. The minimum absolute atomic E-state index is 0.262. The summed E-state index contributed by atoms with van der Waals surface area (Å²) in [6.07, 6.45) is 0. The summed E-state index contributed by atoms with van der Waals surface area (Å²) in [5, 5.41) is 12.0. The topological polar surface area (TPSA) is 63.1 Å². The molecule has 4 atom stereocenters. The Labute approximate surface area is 124 Å². The summed E-state index contributed by atoms with van der Waals surface area (Å²) in [4.78, 5) is 14.7. The Morgan fingerprint density at radius 3 is 2.67 bits per heavy atom. The number of fused-ring (bicyclic) bond motifs is 2. The summed E-state index contributed by atoms with van der Waals surface area (Å²) in [6, 6.07) is 0.266. The van der Waals surface area contributed by atoms with Gasteiger partial charge in [0.05, 0.1) is 12.6 Å². The lowest BCUT2D eigenvalue weighted by molar-refractivity contribution is -0.135. The van der Waals surface area contributed by atoms with E-state index in [1.807, 2.05) is 4.90 Å². The molecule has 4 rings (SSSR count). The van der Waals surface area contributed by atoms with Crippen molar-refractivity contribution < 1.29 is 4.79 Å². The van der Waals surface area contributed by atoms with Crippen LogP contribution in [0, 0.1) is 17.8 Å². The average Bonchev–Trinajstić information content (AvgIpc) is 2.82. The van der Waals surface area contributed by atoms with Crippen LogP contribution < -0.4 is 5.32 Å². The Morgan fingerprint density at radius 1 is 1.29 bits per heavy atom. The third kappa shape index (κ3) is 1.92. The average molecular weight is 289 g/mol. The maximum atomic E-state index is 12.7. The monoisotopic (exact) mass is 289 g/mol. The summed E-state index contributed by atoms with van der Waals surface area (Å²) in [6.45, 7) is 9.86. The molecule has 6 heteroatoms. The van der Waals surface area contributed by atoms with Crippen LogP contribution in [0.1, 0.15) is 44.4 Å². The van der Waals surface area contributed by atoms with Crippen molar-refractivity contribution in [2.75, 3.05) is 19.6 Å². The van der Waals surface area contributed by atoms with Gasteiger partial charge in [-0.1, -0.05) is 13.8 Å². The number of nitrogens with one attached hydrogen (secondary N) is 1. The van der Waals surface area contributed by atoms with Gasteiger partial charge in [0, 0.05) is 18.4 Å². The van der Waals surface area contributed by atoms with Crippen LogP contribution >= 0.6 is 0 Å². The maximum Gasteiger partial charge on any atom is 0.226 e. The van der Waals surface area contributed by atoms with Gasteiger partial charge in [0.15, 0.2) is 5.82 Å². The molecule has 6 nitrogen and oxygen atoms in total. The normalized spacial score (nSPS) is 34.0. The van der Waals surface area contributed by atoms with Crippen molar-refractivity contribution in [2.24, 2.45) is 17.8 Å². The first-order valence-corrected chi connectivity index (χ1v) is 8.01. The van der Waals surface area contributed by atoms with Crippen molar-refractivity contribution in [3.8, 4) is 0 Å². The molecule has 0 bridgehead atoms. The molecule has 0 aromatic carbocycles. The van der Waals surface area contributed by atoms with Crippen LogP contribution in [0.4, 0.5) is 0 Å². The van der Waals surface area contributed by atoms with Gasteiger partial charge in [-0.2, -0.15) is 0 Å². The van der Waals surface area contributed by atoms with Gasteiger partial charge in [-0.15, -0.1) is 10.2 Å².